The van der Waals surface area contributed by atoms with E-state index >= 15 is 0 Å². The highest BCUT2D eigenvalue weighted by Crippen LogP contribution is 2.28. The number of amides is 1. The minimum Gasteiger partial charge on any atom is -0.493 e. The lowest BCUT2D eigenvalue weighted by molar-refractivity contribution is 0.0729. The summed E-state index contributed by atoms with van der Waals surface area (Å²) in [6.45, 7) is 1.95. The van der Waals surface area contributed by atoms with Gasteiger partial charge in [0.15, 0.2) is 11.5 Å². The molecule has 3 aromatic rings. The van der Waals surface area contributed by atoms with E-state index in [0.29, 0.717) is 28.2 Å². The molecule has 6 nitrogen and oxygen atoms in total. The van der Waals surface area contributed by atoms with E-state index in [0.717, 1.165) is 9.13 Å². The van der Waals surface area contributed by atoms with Gasteiger partial charge < -0.3 is 9.47 Å². The molecule has 0 saturated carbocycles. The van der Waals surface area contributed by atoms with Gasteiger partial charge in [-0.15, -0.1) is 0 Å². The molecule has 152 valence electrons. The maximum absolute atomic E-state index is 12.3. The second-order valence-electron chi connectivity index (χ2n) is 6.34. The summed E-state index contributed by atoms with van der Waals surface area (Å²) < 4.78 is 11.6. The Bertz CT molecular complexity index is 1090. The molecule has 0 aliphatic rings. The first-order chi connectivity index (χ1) is 14.5. The molecule has 1 N–H and O–H groups in total. The highest BCUT2D eigenvalue weighted by atomic mass is 127. The van der Waals surface area contributed by atoms with Crippen LogP contribution in [0.25, 0.3) is 0 Å². The van der Waals surface area contributed by atoms with E-state index in [-0.39, 0.29) is 5.91 Å². The van der Waals surface area contributed by atoms with Gasteiger partial charge in [0.1, 0.15) is 0 Å². The SMILES string of the molecule is COc1cc(/C=N/NC(=O)c2ccccc2I)ccc1OC(=O)c1ccc(C)cc1. The van der Waals surface area contributed by atoms with Crippen LogP contribution in [0.2, 0.25) is 0 Å². The predicted molar refractivity (Wildman–Crippen MR) is 123 cm³/mol. The van der Waals surface area contributed by atoms with Crippen LogP contribution in [0.1, 0.15) is 31.8 Å². The lowest BCUT2D eigenvalue weighted by atomic mass is 10.1. The molecule has 0 bridgehead atoms. The van der Waals surface area contributed by atoms with E-state index in [1.54, 1.807) is 42.5 Å². The number of carbonyl (C=O) groups is 2. The number of nitrogens with one attached hydrogen (secondary N) is 1. The molecule has 0 saturated heterocycles. The fourth-order valence-electron chi connectivity index (χ4n) is 2.57. The third-order valence-electron chi connectivity index (χ3n) is 4.18. The van der Waals surface area contributed by atoms with Crippen molar-refractivity contribution in [3.05, 3.63) is 92.6 Å². The molecule has 0 aromatic heterocycles. The molecule has 0 spiro atoms. The lowest BCUT2D eigenvalue weighted by Crippen LogP contribution is -2.18. The topological polar surface area (TPSA) is 77.0 Å². The Hall–Kier alpha value is -3.20. The van der Waals surface area contributed by atoms with Gasteiger partial charge in [-0.3, -0.25) is 4.79 Å². The minimum atomic E-state index is -0.473. The number of carbonyl (C=O) groups excluding carboxylic acids is 2. The van der Waals surface area contributed by atoms with Crippen molar-refractivity contribution in [2.45, 2.75) is 6.92 Å². The van der Waals surface area contributed by atoms with E-state index in [2.05, 4.69) is 33.1 Å². The fraction of sp³-hybridized carbons (Fsp3) is 0.0870. The molecule has 0 aliphatic carbocycles. The largest absolute Gasteiger partial charge is 0.493 e. The fourth-order valence-corrected chi connectivity index (χ4v) is 3.20. The molecule has 0 radical (unpaired) electrons. The number of nitrogens with zero attached hydrogens (tertiary/aromatic N) is 1. The van der Waals surface area contributed by atoms with Crippen LogP contribution >= 0.6 is 22.6 Å². The summed E-state index contributed by atoms with van der Waals surface area (Å²) >= 11 is 2.10. The number of rotatable bonds is 6. The first-order valence-corrected chi connectivity index (χ1v) is 10.1. The minimum absolute atomic E-state index is 0.295. The number of aryl methyl sites for hydroxylation is 1. The standard InChI is InChI=1S/C23H19IN2O4/c1-15-7-10-17(11-8-15)23(28)30-20-12-9-16(13-21(20)29-2)14-25-26-22(27)18-5-3-4-6-19(18)24/h3-14H,1-2H3,(H,26,27)/b25-14+. The zero-order valence-corrected chi connectivity index (χ0v) is 18.5. The van der Waals surface area contributed by atoms with E-state index in [4.69, 9.17) is 9.47 Å². The van der Waals surface area contributed by atoms with E-state index in [1.807, 2.05) is 31.2 Å². The Labute approximate surface area is 188 Å². The lowest BCUT2D eigenvalue weighted by Gasteiger charge is -2.10. The van der Waals surface area contributed by atoms with Gasteiger partial charge >= 0.3 is 5.97 Å². The van der Waals surface area contributed by atoms with Gasteiger partial charge in [0.2, 0.25) is 0 Å². The average Bonchev–Trinajstić information content (AvgIpc) is 2.75. The normalized spacial score (nSPS) is 10.6. The molecule has 0 fully saturated rings. The summed E-state index contributed by atoms with van der Waals surface area (Å²) in [6, 6.07) is 19.3. The van der Waals surface area contributed by atoms with Crippen LogP contribution in [-0.2, 0) is 0 Å². The van der Waals surface area contributed by atoms with E-state index in [9.17, 15) is 9.59 Å². The average molecular weight is 514 g/mol. The number of esters is 1. The molecule has 0 unspecified atom stereocenters. The maximum Gasteiger partial charge on any atom is 0.343 e. The molecule has 0 heterocycles. The molecular weight excluding hydrogens is 495 g/mol. The Morgan fingerprint density at radius 2 is 1.73 bits per heavy atom. The van der Waals surface area contributed by atoms with Crippen molar-refractivity contribution < 1.29 is 19.1 Å². The van der Waals surface area contributed by atoms with Crippen molar-refractivity contribution in [3.8, 4) is 11.5 Å². The van der Waals surface area contributed by atoms with Gasteiger partial charge in [-0.05, 0) is 77.5 Å². The summed E-state index contributed by atoms with van der Waals surface area (Å²) in [5, 5.41) is 3.99. The summed E-state index contributed by atoms with van der Waals surface area (Å²) in [7, 11) is 1.48. The maximum atomic E-state index is 12.3. The van der Waals surface area contributed by atoms with E-state index < -0.39 is 5.97 Å². The highest BCUT2D eigenvalue weighted by molar-refractivity contribution is 14.1. The van der Waals surface area contributed by atoms with Crippen LogP contribution in [0.4, 0.5) is 0 Å². The van der Waals surface area contributed by atoms with Crippen molar-refractivity contribution in [2.24, 2.45) is 5.10 Å². The summed E-state index contributed by atoms with van der Waals surface area (Å²) in [5.74, 6) is -0.0993. The number of halogens is 1. The Kier molecular flexibility index (Phi) is 7.18. The molecule has 3 rings (SSSR count). The molecule has 1 amide bonds. The third kappa shape index (κ3) is 5.44. The first kappa shape index (κ1) is 21.5. The Morgan fingerprint density at radius 1 is 1.00 bits per heavy atom. The summed E-state index contributed by atoms with van der Waals surface area (Å²) in [6.07, 6.45) is 1.49. The number of benzene rings is 3. The van der Waals surface area contributed by atoms with Gasteiger partial charge in [-0.2, -0.15) is 5.10 Å². The molecule has 0 aliphatic heterocycles. The van der Waals surface area contributed by atoms with Crippen LogP contribution in [0.5, 0.6) is 11.5 Å². The number of ether oxygens (including phenoxy) is 2. The van der Waals surface area contributed by atoms with Crippen molar-refractivity contribution in [2.75, 3.05) is 7.11 Å². The first-order valence-electron chi connectivity index (χ1n) is 9.03. The van der Waals surface area contributed by atoms with Crippen molar-refractivity contribution in [3.63, 3.8) is 0 Å². The van der Waals surface area contributed by atoms with Crippen LogP contribution in [0, 0.1) is 10.5 Å². The zero-order chi connectivity index (χ0) is 21.5. The van der Waals surface area contributed by atoms with Crippen molar-refractivity contribution >= 4 is 40.7 Å². The molecule has 0 atom stereocenters. The smallest absolute Gasteiger partial charge is 0.343 e. The molecule has 7 heteroatoms. The summed E-state index contributed by atoms with van der Waals surface area (Å²) in [5.41, 5.74) is 5.22. The number of methoxy groups -OCH3 is 1. The number of hydrazone groups is 1. The quantitative estimate of drug-likeness (QED) is 0.172. The van der Waals surface area contributed by atoms with Gasteiger partial charge in [0, 0.05) is 3.57 Å². The van der Waals surface area contributed by atoms with E-state index in [1.165, 1.54) is 13.3 Å². The van der Waals surface area contributed by atoms with Crippen LogP contribution in [-0.4, -0.2) is 25.2 Å². The monoisotopic (exact) mass is 514 g/mol. The Morgan fingerprint density at radius 3 is 2.43 bits per heavy atom. The molecular formula is C23H19IN2O4. The zero-order valence-electron chi connectivity index (χ0n) is 16.4. The number of hydrogen-bond acceptors (Lipinski definition) is 5. The number of hydrogen-bond donors (Lipinski definition) is 1. The van der Waals surface area contributed by atoms with Crippen LogP contribution in [0.15, 0.2) is 71.8 Å². The second-order valence-corrected chi connectivity index (χ2v) is 7.51. The van der Waals surface area contributed by atoms with Crippen molar-refractivity contribution in [1.82, 2.24) is 5.43 Å². The van der Waals surface area contributed by atoms with Gasteiger partial charge in [-0.1, -0.05) is 29.8 Å². The van der Waals surface area contributed by atoms with Gasteiger partial charge in [-0.25, -0.2) is 10.2 Å². The van der Waals surface area contributed by atoms with Crippen LogP contribution < -0.4 is 14.9 Å². The predicted octanol–water partition coefficient (Wildman–Crippen LogP) is 4.59. The molecule has 30 heavy (non-hydrogen) atoms. The Balaban J connectivity index is 1.68. The highest BCUT2D eigenvalue weighted by Gasteiger charge is 2.13. The second kappa shape index (κ2) is 10.0. The van der Waals surface area contributed by atoms with Gasteiger partial charge in [0.25, 0.3) is 5.91 Å². The van der Waals surface area contributed by atoms with Crippen LogP contribution in [0.3, 0.4) is 0 Å². The van der Waals surface area contributed by atoms with Gasteiger partial charge in [0.05, 0.1) is 24.5 Å². The summed E-state index contributed by atoms with van der Waals surface area (Å²) in [4.78, 5) is 24.5. The third-order valence-corrected chi connectivity index (χ3v) is 5.12. The molecule has 3 aromatic carbocycles. The van der Waals surface area contributed by atoms with Crippen molar-refractivity contribution in [1.29, 1.82) is 0 Å².